The van der Waals surface area contributed by atoms with Gasteiger partial charge < -0.3 is 10.2 Å². The first-order valence-electron chi connectivity index (χ1n) is 7.96. The van der Waals surface area contributed by atoms with Crippen LogP contribution < -0.4 is 10.2 Å². The summed E-state index contributed by atoms with van der Waals surface area (Å²) >= 11 is 0. The fourth-order valence-corrected chi connectivity index (χ4v) is 2.97. The third-order valence-corrected chi connectivity index (χ3v) is 4.12. The lowest BCUT2D eigenvalue weighted by molar-refractivity contribution is 0.419. The van der Waals surface area contributed by atoms with Crippen LogP contribution >= 0.6 is 0 Å². The van der Waals surface area contributed by atoms with Crippen LogP contribution in [0.25, 0.3) is 11.0 Å². The number of fused-ring (bicyclic) bond motifs is 1. The average molecular weight is 284 g/mol. The summed E-state index contributed by atoms with van der Waals surface area (Å²) in [6.07, 6.45) is 5.71. The number of nitrogens with zero attached hydrogens (tertiary/aromatic N) is 3. The molecule has 1 atom stereocenters. The van der Waals surface area contributed by atoms with E-state index < -0.39 is 0 Å². The van der Waals surface area contributed by atoms with E-state index in [1.807, 2.05) is 30.5 Å². The predicted octanol–water partition coefficient (Wildman–Crippen LogP) is 2.99. The van der Waals surface area contributed by atoms with Gasteiger partial charge in [0.2, 0.25) is 0 Å². The molecule has 4 heteroatoms. The van der Waals surface area contributed by atoms with Crippen molar-refractivity contribution in [2.75, 3.05) is 18.0 Å². The number of hydrogen-bond donors (Lipinski definition) is 1. The van der Waals surface area contributed by atoms with Gasteiger partial charge in [-0.3, -0.25) is 4.98 Å². The Labute approximate surface area is 126 Å². The van der Waals surface area contributed by atoms with Crippen LogP contribution in [0, 0.1) is 0 Å². The molecular weight excluding hydrogens is 260 g/mol. The highest BCUT2D eigenvalue weighted by atomic mass is 15.2. The third-order valence-electron chi connectivity index (χ3n) is 4.12. The Balaban J connectivity index is 1.83. The van der Waals surface area contributed by atoms with E-state index >= 15 is 0 Å². The van der Waals surface area contributed by atoms with Crippen molar-refractivity contribution in [2.45, 2.75) is 45.2 Å². The zero-order valence-corrected chi connectivity index (χ0v) is 12.9. The smallest absolute Gasteiger partial charge is 0.148 e. The third kappa shape index (κ3) is 3.32. The highest BCUT2D eigenvalue weighted by Crippen LogP contribution is 2.24. The molecule has 2 aromatic rings. The molecule has 0 amide bonds. The van der Waals surface area contributed by atoms with Gasteiger partial charge in [0.15, 0.2) is 0 Å². The number of aromatic nitrogens is 2. The topological polar surface area (TPSA) is 41.0 Å². The summed E-state index contributed by atoms with van der Waals surface area (Å²) in [6.45, 7) is 6.50. The van der Waals surface area contributed by atoms with Crippen LogP contribution in [0.15, 0.2) is 30.5 Å². The molecule has 1 unspecified atom stereocenters. The molecule has 21 heavy (non-hydrogen) atoms. The van der Waals surface area contributed by atoms with E-state index in [1.54, 1.807) is 0 Å². The van der Waals surface area contributed by atoms with E-state index in [2.05, 4.69) is 29.0 Å². The number of hydrogen-bond acceptors (Lipinski definition) is 4. The van der Waals surface area contributed by atoms with E-state index in [4.69, 9.17) is 4.98 Å². The van der Waals surface area contributed by atoms with Gasteiger partial charge in [0.25, 0.3) is 0 Å². The molecule has 1 aromatic heterocycles. The van der Waals surface area contributed by atoms with Gasteiger partial charge in [0, 0.05) is 25.2 Å². The molecule has 1 aliphatic rings. The molecule has 0 bridgehead atoms. The van der Waals surface area contributed by atoms with Crippen molar-refractivity contribution in [2.24, 2.45) is 0 Å². The molecule has 2 heterocycles. The zero-order valence-electron chi connectivity index (χ0n) is 12.9. The second-order valence-corrected chi connectivity index (χ2v) is 6.12. The van der Waals surface area contributed by atoms with Gasteiger partial charge in [-0.25, -0.2) is 4.98 Å². The normalized spacial score (nSPS) is 19.4. The van der Waals surface area contributed by atoms with Crippen LogP contribution in [-0.2, 0) is 0 Å². The van der Waals surface area contributed by atoms with Crippen molar-refractivity contribution in [3.63, 3.8) is 0 Å². The monoisotopic (exact) mass is 284 g/mol. The predicted molar refractivity (Wildman–Crippen MR) is 87.7 cm³/mol. The summed E-state index contributed by atoms with van der Waals surface area (Å²) in [6, 6.07) is 9.13. The van der Waals surface area contributed by atoms with Gasteiger partial charge in [0.1, 0.15) is 5.82 Å². The second-order valence-electron chi connectivity index (χ2n) is 6.12. The minimum atomic E-state index is 0.525. The van der Waals surface area contributed by atoms with E-state index in [9.17, 15) is 0 Å². The molecule has 1 N–H and O–H groups in total. The van der Waals surface area contributed by atoms with Crippen molar-refractivity contribution >= 4 is 16.9 Å². The lowest BCUT2D eigenvalue weighted by Gasteiger charge is -2.37. The first kappa shape index (κ1) is 14.3. The van der Waals surface area contributed by atoms with Gasteiger partial charge in [-0.2, -0.15) is 0 Å². The fraction of sp³-hybridized carbons (Fsp3) is 0.529. The molecule has 4 nitrogen and oxygen atoms in total. The molecule has 1 fully saturated rings. The maximum Gasteiger partial charge on any atom is 0.148 e. The number of anilines is 1. The quantitative estimate of drug-likeness (QED) is 0.937. The van der Waals surface area contributed by atoms with Gasteiger partial charge in [-0.05, 0) is 31.4 Å². The van der Waals surface area contributed by atoms with Crippen molar-refractivity contribution in [3.8, 4) is 0 Å². The summed E-state index contributed by atoms with van der Waals surface area (Å²) in [7, 11) is 0. The van der Waals surface area contributed by atoms with E-state index in [-0.39, 0.29) is 0 Å². The van der Waals surface area contributed by atoms with Gasteiger partial charge in [0.05, 0.1) is 17.2 Å². The highest BCUT2D eigenvalue weighted by Gasteiger charge is 2.23. The minimum absolute atomic E-state index is 0.525. The van der Waals surface area contributed by atoms with Crippen LogP contribution in [0.2, 0.25) is 0 Å². The van der Waals surface area contributed by atoms with Gasteiger partial charge >= 0.3 is 0 Å². The molecule has 1 aromatic carbocycles. The Morgan fingerprint density at radius 1 is 1.24 bits per heavy atom. The molecule has 0 aliphatic carbocycles. The van der Waals surface area contributed by atoms with Crippen molar-refractivity contribution in [3.05, 3.63) is 30.5 Å². The summed E-state index contributed by atoms with van der Waals surface area (Å²) in [5, 5.41) is 3.56. The molecule has 0 radical (unpaired) electrons. The summed E-state index contributed by atoms with van der Waals surface area (Å²) in [5.74, 6) is 1.02. The summed E-state index contributed by atoms with van der Waals surface area (Å²) < 4.78 is 0. The number of rotatable bonds is 4. The lowest BCUT2D eigenvalue weighted by atomic mass is 10.0. The highest BCUT2D eigenvalue weighted by molar-refractivity contribution is 5.75. The van der Waals surface area contributed by atoms with Crippen LogP contribution in [0.1, 0.15) is 33.1 Å². The Hall–Kier alpha value is -1.68. The summed E-state index contributed by atoms with van der Waals surface area (Å²) in [5.41, 5.74) is 1.95. The Bertz CT molecular complexity index is 596. The van der Waals surface area contributed by atoms with Gasteiger partial charge in [-0.1, -0.05) is 26.0 Å². The van der Waals surface area contributed by atoms with Crippen molar-refractivity contribution < 1.29 is 0 Å². The molecule has 3 rings (SSSR count). The number of para-hydroxylation sites is 2. The maximum atomic E-state index is 4.81. The summed E-state index contributed by atoms with van der Waals surface area (Å²) in [4.78, 5) is 11.8. The first-order chi connectivity index (χ1) is 10.2. The molecule has 0 saturated carbocycles. The van der Waals surface area contributed by atoms with Gasteiger partial charge in [-0.15, -0.1) is 0 Å². The zero-order chi connectivity index (χ0) is 14.7. The molecule has 112 valence electrons. The fourth-order valence-electron chi connectivity index (χ4n) is 2.97. The standard InChI is InChI=1S/C17H24N4/c1-13(2)18-11-14-7-5-6-10-21(14)17-12-19-15-8-3-4-9-16(15)20-17/h3-4,8-9,12-14,18H,5-7,10-11H2,1-2H3. The molecule has 1 aliphatic heterocycles. The van der Waals surface area contributed by atoms with E-state index in [0.717, 1.165) is 29.9 Å². The average Bonchev–Trinajstić information content (AvgIpc) is 2.52. The van der Waals surface area contributed by atoms with Crippen LogP contribution in [0.3, 0.4) is 0 Å². The molecule has 0 spiro atoms. The largest absolute Gasteiger partial charge is 0.351 e. The van der Waals surface area contributed by atoms with E-state index in [0.29, 0.717) is 12.1 Å². The number of nitrogens with one attached hydrogen (secondary N) is 1. The SMILES string of the molecule is CC(C)NCC1CCCCN1c1cnc2ccccc2n1. The number of piperidine rings is 1. The van der Waals surface area contributed by atoms with Crippen molar-refractivity contribution in [1.29, 1.82) is 0 Å². The van der Waals surface area contributed by atoms with Crippen LogP contribution in [0.5, 0.6) is 0 Å². The van der Waals surface area contributed by atoms with E-state index in [1.165, 1.54) is 19.3 Å². The van der Waals surface area contributed by atoms with Crippen LogP contribution in [-0.4, -0.2) is 35.1 Å². The van der Waals surface area contributed by atoms with Crippen molar-refractivity contribution in [1.82, 2.24) is 15.3 Å². The Kier molecular flexibility index (Phi) is 4.34. The number of benzene rings is 1. The Morgan fingerprint density at radius 2 is 2.05 bits per heavy atom. The minimum Gasteiger partial charge on any atom is -0.351 e. The molecular formula is C17H24N4. The molecule has 1 saturated heterocycles. The Morgan fingerprint density at radius 3 is 2.86 bits per heavy atom. The lowest BCUT2D eigenvalue weighted by Crippen LogP contribution is -2.47. The maximum absolute atomic E-state index is 4.81. The van der Waals surface area contributed by atoms with Crippen LogP contribution in [0.4, 0.5) is 5.82 Å². The first-order valence-corrected chi connectivity index (χ1v) is 7.96. The second kappa shape index (κ2) is 6.39.